The van der Waals surface area contributed by atoms with Crippen LogP contribution in [0, 0.1) is 0 Å². The van der Waals surface area contributed by atoms with Crippen LogP contribution in [-0.4, -0.2) is 50.3 Å². The lowest BCUT2D eigenvalue weighted by atomic mass is 10.1. The summed E-state index contributed by atoms with van der Waals surface area (Å²) in [7, 11) is -2.20. The van der Waals surface area contributed by atoms with Gasteiger partial charge in [0.1, 0.15) is 13.1 Å². The molecule has 32 heavy (non-hydrogen) atoms. The Hall–Kier alpha value is -2.72. The summed E-state index contributed by atoms with van der Waals surface area (Å²) < 4.78 is 2.57. The first-order chi connectivity index (χ1) is 15.6. The quantitative estimate of drug-likeness (QED) is 0.389. The van der Waals surface area contributed by atoms with E-state index >= 15 is 0 Å². The molecule has 0 saturated carbocycles. The number of piperidine rings is 1. The molecule has 3 nitrogen and oxygen atoms in total. The fourth-order valence-electron chi connectivity index (χ4n) is 5.54. The van der Waals surface area contributed by atoms with E-state index < -0.39 is 8.07 Å². The normalized spacial score (nSPS) is 22.1. The van der Waals surface area contributed by atoms with Gasteiger partial charge >= 0.3 is 0 Å². The first-order valence-corrected chi connectivity index (χ1v) is 14.7. The first kappa shape index (κ1) is 21.1. The second kappa shape index (κ2) is 8.66. The van der Waals surface area contributed by atoms with Crippen molar-refractivity contribution in [3.05, 3.63) is 72.0 Å². The van der Waals surface area contributed by atoms with Crippen LogP contribution in [0.25, 0.3) is 0 Å². The van der Waals surface area contributed by atoms with Gasteiger partial charge in [-0.2, -0.15) is 0 Å². The molecule has 1 unspecified atom stereocenters. The van der Waals surface area contributed by atoms with Crippen LogP contribution in [0.3, 0.4) is 0 Å². The van der Waals surface area contributed by atoms with Crippen LogP contribution in [-0.2, 0) is 0 Å². The van der Waals surface area contributed by atoms with Gasteiger partial charge in [-0.1, -0.05) is 36.9 Å². The molecule has 0 spiro atoms. The van der Waals surface area contributed by atoms with Gasteiger partial charge in [0.25, 0.3) is 0 Å². The third-order valence-electron chi connectivity index (χ3n) is 7.48. The molecular weight excluding hydrogens is 406 g/mol. The van der Waals surface area contributed by atoms with Crippen LogP contribution in [0.5, 0.6) is 0 Å². The summed E-state index contributed by atoms with van der Waals surface area (Å²) in [5.41, 5.74) is 5.00. The average molecular weight is 441 g/mol. The molecule has 0 amide bonds. The van der Waals surface area contributed by atoms with E-state index in [1.807, 2.05) is 0 Å². The minimum Gasteiger partial charge on any atom is -0.372 e. The smallest absolute Gasteiger partial charge is 0.199 e. The molecule has 4 heteroatoms. The molecule has 2 heterocycles. The number of fused-ring (bicyclic) bond motifs is 2. The maximum atomic E-state index is 5.17. The lowest BCUT2D eigenvalue weighted by Crippen LogP contribution is -2.61. The van der Waals surface area contributed by atoms with Crippen LogP contribution < -0.4 is 15.3 Å². The van der Waals surface area contributed by atoms with Gasteiger partial charge in [-0.3, -0.25) is 0 Å². The maximum Gasteiger partial charge on any atom is 0.199 e. The van der Waals surface area contributed by atoms with Gasteiger partial charge in [0.15, 0.2) is 13.8 Å². The average Bonchev–Trinajstić information content (AvgIpc) is 2.86. The Kier molecular flexibility index (Phi) is 5.72. The van der Waals surface area contributed by atoms with E-state index in [4.69, 9.17) is 4.99 Å². The Morgan fingerprint density at radius 2 is 1.69 bits per heavy atom. The Morgan fingerprint density at radius 1 is 0.938 bits per heavy atom. The van der Waals surface area contributed by atoms with Gasteiger partial charge in [0.05, 0.1) is 11.4 Å². The van der Waals surface area contributed by atoms with Crippen molar-refractivity contribution in [2.45, 2.75) is 39.7 Å². The van der Waals surface area contributed by atoms with E-state index in [0.29, 0.717) is 0 Å². The van der Waals surface area contributed by atoms with Crippen molar-refractivity contribution in [3.8, 4) is 0 Å². The molecular formula is C28H34N3Si+. The topological polar surface area (TPSA) is 18.6 Å². The van der Waals surface area contributed by atoms with Crippen molar-refractivity contribution in [3.63, 3.8) is 0 Å². The zero-order valence-corrected chi connectivity index (χ0v) is 20.6. The van der Waals surface area contributed by atoms with Gasteiger partial charge in [-0.05, 0) is 60.1 Å². The highest BCUT2D eigenvalue weighted by atomic mass is 28.3. The number of aliphatic imine (C=N–C) groups is 1. The highest BCUT2D eigenvalue weighted by molar-refractivity contribution is 7.10. The predicted octanol–water partition coefficient (Wildman–Crippen LogP) is 4.48. The Bertz CT molecular complexity index is 1130. The third kappa shape index (κ3) is 3.51. The molecule has 1 fully saturated rings. The number of benzene rings is 2. The highest BCUT2D eigenvalue weighted by Gasteiger charge is 2.44. The lowest BCUT2D eigenvalue weighted by Gasteiger charge is -2.37. The summed E-state index contributed by atoms with van der Waals surface area (Å²) >= 11 is 0. The van der Waals surface area contributed by atoms with Crippen molar-refractivity contribution in [2.24, 2.45) is 4.99 Å². The monoisotopic (exact) mass is 440 g/mol. The van der Waals surface area contributed by atoms with Crippen molar-refractivity contribution in [1.29, 1.82) is 0 Å². The third-order valence-corrected chi connectivity index (χ3v) is 11.9. The fraction of sp³-hybridized carbons (Fsp3) is 0.357. The molecule has 0 aromatic heterocycles. The molecule has 3 aliphatic rings. The standard InChI is InChI=1S/C28H34N3Si/c1-4-30(5-2)22-14-16-25-27(20-22)32(3,24-12-8-6-9-13-24)28-21-23(15-17-26(28)29-25)31-18-10-7-11-19-31/h6,8-9,12-17,20-21H,4-5,7,10-11,18-19H2,1-3H3/q+1. The van der Waals surface area contributed by atoms with Crippen LogP contribution >= 0.6 is 0 Å². The second-order valence-electron chi connectivity index (χ2n) is 9.23. The van der Waals surface area contributed by atoms with Gasteiger partial charge in [0, 0.05) is 43.8 Å². The molecule has 0 radical (unpaired) electrons. The number of nitrogens with zero attached hydrogens (tertiary/aromatic N) is 3. The fourth-order valence-corrected chi connectivity index (χ4v) is 9.48. The molecule has 5 rings (SSSR count). The van der Waals surface area contributed by atoms with Gasteiger partial charge in [0.2, 0.25) is 0 Å². The maximum absolute atomic E-state index is 5.17. The van der Waals surface area contributed by atoms with Crippen molar-refractivity contribution in [2.75, 3.05) is 31.1 Å². The number of rotatable bonds is 4. The SMILES string of the molecule is CCN(CC)c1ccc2c(c1)[Si](C)(c1ccccc1)C1=CC(=[N+]3CCCCC3)C=CC1=N2. The van der Waals surface area contributed by atoms with E-state index in [-0.39, 0.29) is 0 Å². The summed E-state index contributed by atoms with van der Waals surface area (Å²) in [5.74, 6) is 0. The largest absolute Gasteiger partial charge is 0.372 e. The number of anilines is 1. The minimum atomic E-state index is -2.20. The highest BCUT2D eigenvalue weighted by Crippen LogP contribution is 2.33. The summed E-state index contributed by atoms with van der Waals surface area (Å²) in [5, 5.41) is 4.36. The number of hydrogen-bond donors (Lipinski definition) is 0. The molecule has 0 bridgehead atoms. The number of allylic oxidation sites excluding steroid dienone is 4. The molecule has 1 atom stereocenters. The molecule has 0 N–H and O–H groups in total. The first-order valence-electron chi connectivity index (χ1n) is 12.2. The van der Waals surface area contributed by atoms with Crippen molar-refractivity contribution >= 4 is 41.2 Å². The molecule has 1 aliphatic carbocycles. The zero-order chi connectivity index (χ0) is 22.1. The van der Waals surface area contributed by atoms with Crippen LogP contribution in [0.2, 0.25) is 6.55 Å². The van der Waals surface area contributed by atoms with Crippen molar-refractivity contribution < 1.29 is 4.58 Å². The van der Waals surface area contributed by atoms with E-state index in [1.165, 1.54) is 59.3 Å². The molecule has 2 aliphatic heterocycles. The second-order valence-corrected chi connectivity index (χ2v) is 13.1. The summed E-state index contributed by atoms with van der Waals surface area (Å²) in [6.45, 7) is 11.4. The lowest BCUT2D eigenvalue weighted by molar-refractivity contribution is -0.535. The predicted molar refractivity (Wildman–Crippen MR) is 141 cm³/mol. The Balaban J connectivity index is 1.73. The van der Waals surface area contributed by atoms with Gasteiger partial charge in [-0.15, -0.1) is 0 Å². The van der Waals surface area contributed by atoms with Gasteiger partial charge < -0.3 is 4.90 Å². The van der Waals surface area contributed by atoms with Crippen LogP contribution in [0.15, 0.2) is 76.9 Å². The minimum absolute atomic E-state index is 1.02. The van der Waals surface area contributed by atoms with E-state index in [1.54, 1.807) is 0 Å². The summed E-state index contributed by atoms with van der Waals surface area (Å²) in [6, 6.07) is 18.1. The molecule has 2 aromatic rings. The number of hydrogen-bond acceptors (Lipinski definition) is 2. The van der Waals surface area contributed by atoms with Gasteiger partial charge in [-0.25, -0.2) is 9.57 Å². The Morgan fingerprint density at radius 3 is 2.41 bits per heavy atom. The Labute approximate surface area is 193 Å². The molecule has 164 valence electrons. The van der Waals surface area contributed by atoms with E-state index in [2.05, 4.69) is 96.6 Å². The zero-order valence-electron chi connectivity index (χ0n) is 19.6. The van der Waals surface area contributed by atoms with Crippen LogP contribution in [0.1, 0.15) is 33.1 Å². The van der Waals surface area contributed by atoms with E-state index in [0.717, 1.165) is 24.5 Å². The van der Waals surface area contributed by atoms with Crippen LogP contribution in [0.4, 0.5) is 11.4 Å². The van der Waals surface area contributed by atoms with E-state index in [9.17, 15) is 0 Å². The summed E-state index contributed by atoms with van der Waals surface area (Å²) in [4.78, 5) is 7.61. The molecule has 2 aromatic carbocycles. The molecule has 1 saturated heterocycles. The van der Waals surface area contributed by atoms with Crippen molar-refractivity contribution in [1.82, 2.24) is 0 Å². The summed E-state index contributed by atoms with van der Waals surface area (Å²) in [6.07, 6.45) is 11.0.